The van der Waals surface area contributed by atoms with Crippen LogP contribution >= 0.6 is 0 Å². The molecule has 1 heterocycles. The van der Waals surface area contributed by atoms with Gasteiger partial charge in [0.15, 0.2) is 0 Å². The maximum Gasteiger partial charge on any atom is 0.135 e. The maximum absolute atomic E-state index is 9.91. The average molecular weight is 358 g/mol. The van der Waals surface area contributed by atoms with E-state index in [-0.39, 0.29) is 11.8 Å². The van der Waals surface area contributed by atoms with Crippen molar-refractivity contribution in [1.82, 2.24) is 0 Å². The lowest BCUT2D eigenvalue weighted by atomic mass is 10.1. The second-order valence-electron chi connectivity index (χ2n) is 6.66. The van der Waals surface area contributed by atoms with E-state index in [1.165, 1.54) is 5.56 Å². The van der Waals surface area contributed by atoms with Gasteiger partial charge in [0.25, 0.3) is 0 Å². The molecule has 4 nitrogen and oxygen atoms in total. The minimum atomic E-state index is 0.159. The van der Waals surface area contributed by atoms with Gasteiger partial charge < -0.3 is 14.7 Å². The highest BCUT2D eigenvalue weighted by Gasteiger charge is 2.27. The van der Waals surface area contributed by atoms with Crippen molar-refractivity contribution >= 4 is 11.5 Å². The molecule has 0 saturated carbocycles. The van der Waals surface area contributed by atoms with Crippen molar-refractivity contribution < 1.29 is 9.84 Å². The Morgan fingerprint density at radius 2 is 1.78 bits per heavy atom. The molecule has 0 amide bonds. The number of hydrogen-bond donors (Lipinski definition) is 1. The predicted octanol–water partition coefficient (Wildman–Crippen LogP) is 4.28. The summed E-state index contributed by atoms with van der Waals surface area (Å²) >= 11 is 0. The number of rotatable bonds is 5. The molecular weight excluding hydrogens is 336 g/mol. The zero-order chi connectivity index (χ0) is 18.6. The number of methoxy groups -OCH3 is 1. The van der Waals surface area contributed by atoms with Crippen LogP contribution in [0.3, 0.4) is 0 Å². The second-order valence-corrected chi connectivity index (χ2v) is 6.66. The number of phenolic OH excluding ortho intramolecular Hbond substituents is 1. The number of aromatic hydroxyl groups is 1. The highest BCUT2D eigenvalue weighted by Crippen LogP contribution is 2.28. The first-order valence-corrected chi connectivity index (χ1v) is 9.05. The Morgan fingerprint density at radius 1 is 1.00 bits per heavy atom. The summed E-state index contributed by atoms with van der Waals surface area (Å²) in [6, 6.07) is 25.9. The van der Waals surface area contributed by atoms with Gasteiger partial charge in [-0.2, -0.15) is 0 Å². The van der Waals surface area contributed by atoms with Gasteiger partial charge in [-0.25, -0.2) is 0 Å². The van der Waals surface area contributed by atoms with Crippen LogP contribution in [-0.2, 0) is 6.42 Å². The Labute approximate surface area is 159 Å². The zero-order valence-corrected chi connectivity index (χ0v) is 15.2. The van der Waals surface area contributed by atoms with Crippen molar-refractivity contribution in [1.29, 1.82) is 0 Å². The number of ether oxygens (including phenoxy) is 1. The van der Waals surface area contributed by atoms with Crippen molar-refractivity contribution in [2.75, 3.05) is 18.6 Å². The second kappa shape index (κ2) is 7.54. The maximum atomic E-state index is 9.91. The van der Waals surface area contributed by atoms with Gasteiger partial charge in [0.2, 0.25) is 0 Å². The molecule has 0 unspecified atom stereocenters. The summed E-state index contributed by atoms with van der Waals surface area (Å²) < 4.78 is 5.28. The number of anilines is 1. The van der Waals surface area contributed by atoms with Crippen LogP contribution in [0.5, 0.6) is 11.5 Å². The highest BCUT2D eigenvalue weighted by molar-refractivity contribution is 6.11. The van der Waals surface area contributed by atoms with Crippen LogP contribution in [0.25, 0.3) is 0 Å². The van der Waals surface area contributed by atoms with Gasteiger partial charge in [-0.1, -0.05) is 42.5 Å². The van der Waals surface area contributed by atoms with E-state index in [1.54, 1.807) is 19.2 Å². The van der Waals surface area contributed by atoms with E-state index in [1.807, 2.05) is 42.5 Å². The lowest BCUT2D eigenvalue weighted by molar-refractivity contribution is 0.415. The van der Waals surface area contributed by atoms with E-state index in [9.17, 15) is 5.11 Å². The molecule has 136 valence electrons. The summed E-state index contributed by atoms with van der Waals surface area (Å²) in [4.78, 5) is 7.21. The molecule has 0 radical (unpaired) electrons. The van der Waals surface area contributed by atoms with Crippen LogP contribution in [0.15, 0.2) is 83.9 Å². The lowest BCUT2D eigenvalue weighted by Crippen LogP contribution is -2.30. The Morgan fingerprint density at radius 3 is 2.48 bits per heavy atom. The van der Waals surface area contributed by atoms with Crippen LogP contribution in [0.2, 0.25) is 0 Å². The van der Waals surface area contributed by atoms with Crippen LogP contribution in [-0.4, -0.2) is 30.6 Å². The molecule has 4 rings (SSSR count). The Kier molecular flexibility index (Phi) is 4.79. The first-order chi connectivity index (χ1) is 13.2. The minimum Gasteiger partial charge on any atom is -0.508 e. The molecule has 3 aromatic rings. The zero-order valence-electron chi connectivity index (χ0n) is 15.2. The summed E-state index contributed by atoms with van der Waals surface area (Å²) in [5.41, 5.74) is 3.26. The van der Waals surface area contributed by atoms with Gasteiger partial charge in [0, 0.05) is 17.8 Å². The van der Waals surface area contributed by atoms with Crippen LogP contribution in [0.1, 0.15) is 11.1 Å². The van der Waals surface area contributed by atoms with Gasteiger partial charge in [-0.3, -0.25) is 4.99 Å². The summed E-state index contributed by atoms with van der Waals surface area (Å²) in [6.45, 7) is 0.798. The fraction of sp³-hybridized carbons (Fsp3) is 0.174. The molecule has 27 heavy (non-hydrogen) atoms. The third-order valence-corrected chi connectivity index (χ3v) is 4.76. The predicted molar refractivity (Wildman–Crippen MR) is 109 cm³/mol. The third kappa shape index (κ3) is 3.80. The number of amidine groups is 1. The molecule has 0 spiro atoms. The van der Waals surface area contributed by atoms with Crippen LogP contribution < -0.4 is 9.64 Å². The van der Waals surface area contributed by atoms with Crippen LogP contribution in [0.4, 0.5) is 5.69 Å². The van der Waals surface area contributed by atoms with Crippen molar-refractivity contribution in [3.63, 3.8) is 0 Å². The standard InChI is InChI=1S/C23H22N2O2/c1-27-22-12-10-20(11-13-22)25-16-19(14-17-6-3-2-4-7-17)24-23(25)18-8-5-9-21(26)15-18/h2-13,15,19,26H,14,16H2,1H3/t19-/m0/s1. The summed E-state index contributed by atoms with van der Waals surface area (Å²) in [5.74, 6) is 1.96. The number of nitrogens with zero attached hydrogens (tertiary/aromatic N) is 2. The normalized spacial score (nSPS) is 16.3. The quantitative estimate of drug-likeness (QED) is 0.740. The molecule has 1 atom stereocenters. The van der Waals surface area contributed by atoms with Gasteiger partial charge >= 0.3 is 0 Å². The van der Waals surface area contributed by atoms with E-state index in [0.29, 0.717) is 0 Å². The lowest BCUT2D eigenvalue weighted by Gasteiger charge is -2.22. The van der Waals surface area contributed by atoms with Crippen LogP contribution in [0, 0.1) is 0 Å². The van der Waals surface area contributed by atoms with E-state index in [2.05, 4.69) is 29.2 Å². The first kappa shape index (κ1) is 17.2. The van der Waals surface area contributed by atoms with Crippen molar-refractivity contribution in [3.05, 3.63) is 90.0 Å². The molecular formula is C23H22N2O2. The number of phenols is 1. The topological polar surface area (TPSA) is 45.1 Å². The Balaban J connectivity index is 1.67. The molecule has 1 N–H and O–H groups in total. The fourth-order valence-electron chi connectivity index (χ4n) is 3.44. The monoisotopic (exact) mass is 358 g/mol. The molecule has 4 heteroatoms. The Bertz CT molecular complexity index is 936. The smallest absolute Gasteiger partial charge is 0.135 e. The van der Waals surface area contributed by atoms with E-state index in [0.717, 1.165) is 35.8 Å². The molecule has 3 aromatic carbocycles. The first-order valence-electron chi connectivity index (χ1n) is 9.05. The molecule has 0 aliphatic carbocycles. The molecule has 1 aliphatic heterocycles. The summed E-state index contributed by atoms with van der Waals surface area (Å²) in [5, 5.41) is 9.91. The van der Waals surface area contributed by atoms with Gasteiger partial charge in [-0.05, 0) is 48.4 Å². The van der Waals surface area contributed by atoms with E-state index in [4.69, 9.17) is 9.73 Å². The minimum absolute atomic E-state index is 0.159. The third-order valence-electron chi connectivity index (χ3n) is 4.76. The van der Waals surface area contributed by atoms with E-state index < -0.39 is 0 Å². The fourth-order valence-corrected chi connectivity index (χ4v) is 3.44. The molecule has 0 aromatic heterocycles. The molecule has 0 fully saturated rings. The van der Waals surface area contributed by atoms with Crippen molar-refractivity contribution in [2.45, 2.75) is 12.5 Å². The van der Waals surface area contributed by atoms with Crippen molar-refractivity contribution in [2.24, 2.45) is 4.99 Å². The SMILES string of the molecule is COc1ccc(N2C[C@H](Cc3ccccc3)N=C2c2cccc(O)c2)cc1. The molecule has 1 aliphatic rings. The number of aliphatic imine (C=N–C) groups is 1. The average Bonchev–Trinajstić information content (AvgIpc) is 3.12. The van der Waals surface area contributed by atoms with Gasteiger partial charge in [0.05, 0.1) is 13.2 Å². The summed E-state index contributed by atoms with van der Waals surface area (Å²) in [6.07, 6.45) is 0.885. The van der Waals surface area contributed by atoms with Gasteiger partial charge in [0.1, 0.15) is 17.3 Å². The molecule has 0 bridgehead atoms. The Hall–Kier alpha value is -3.27. The van der Waals surface area contributed by atoms with E-state index >= 15 is 0 Å². The number of hydrogen-bond acceptors (Lipinski definition) is 4. The summed E-state index contributed by atoms with van der Waals surface area (Å²) in [7, 11) is 1.67. The molecule has 0 saturated heterocycles. The van der Waals surface area contributed by atoms with Gasteiger partial charge in [-0.15, -0.1) is 0 Å². The van der Waals surface area contributed by atoms with Crippen molar-refractivity contribution in [3.8, 4) is 11.5 Å². The largest absolute Gasteiger partial charge is 0.508 e. The highest BCUT2D eigenvalue weighted by atomic mass is 16.5. The number of benzene rings is 3.